The average molecular weight is 369 g/mol. The smallest absolute Gasteiger partial charge is 0.287 e. The molecule has 5 nitrogen and oxygen atoms in total. The summed E-state index contributed by atoms with van der Waals surface area (Å²) in [6.45, 7) is 1.93. The first kappa shape index (κ1) is 18.0. The standard InChI is InChI=1S/C20H21ClN4O/c21-19-18(23-13-7-12-22-17-10-5-2-6-11-17)14-24-25(20(19)26)15-16-8-3-1-4-9-16/h1-6,8-11,14,22-23H,7,12-13,15H2. The van der Waals surface area contributed by atoms with Crippen molar-refractivity contribution in [3.63, 3.8) is 0 Å². The SMILES string of the molecule is O=c1c(Cl)c(NCCCNc2ccccc2)cnn1Cc1ccccc1. The van der Waals surface area contributed by atoms with Gasteiger partial charge in [-0.25, -0.2) is 4.68 Å². The number of rotatable bonds is 8. The van der Waals surface area contributed by atoms with Gasteiger partial charge in [-0.1, -0.05) is 60.1 Å². The second-order valence-electron chi connectivity index (χ2n) is 5.89. The third-order valence-corrected chi connectivity index (χ3v) is 4.30. The van der Waals surface area contributed by atoms with Crippen LogP contribution in [-0.2, 0) is 6.54 Å². The zero-order valence-electron chi connectivity index (χ0n) is 14.4. The van der Waals surface area contributed by atoms with Crippen LogP contribution in [0.4, 0.5) is 11.4 Å². The molecule has 0 radical (unpaired) electrons. The molecule has 0 saturated heterocycles. The molecule has 1 heterocycles. The minimum atomic E-state index is -0.289. The lowest BCUT2D eigenvalue weighted by Crippen LogP contribution is -2.25. The van der Waals surface area contributed by atoms with E-state index in [4.69, 9.17) is 11.6 Å². The van der Waals surface area contributed by atoms with E-state index in [2.05, 4.69) is 15.7 Å². The molecule has 0 aliphatic rings. The van der Waals surface area contributed by atoms with E-state index in [-0.39, 0.29) is 10.6 Å². The molecule has 0 aliphatic carbocycles. The monoisotopic (exact) mass is 368 g/mol. The fourth-order valence-corrected chi connectivity index (χ4v) is 2.77. The molecule has 0 fully saturated rings. The Morgan fingerprint density at radius 3 is 2.31 bits per heavy atom. The summed E-state index contributed by atoms with van der Waals surface area (Å²) in [4.78, 5) is 12.4. The van der Waals surface area contributed by atoms with Crippen LogP contribution >= 0.6 is 11.6 Å². The molecule has 3 aromatic rings. The van der Waals surface area contributed by atoms with E-state index in [0.29, 0.717) is 18.8 Å². The van der Waals surface area contributed by atoms with Crippen LogP contribution in [0, 0.1) is 0 Å². The van der Waals surface area contributed by atoms with E-state index in [1.54, 1.807) is 6.20 Å². The summed E-state index contributed by atoms with van der Waals surface area (Å²) >= 11 is 6.22. The van der Waals surface area contributed by atoms with Gasteiger partial charge in [-0.2, -0.15) is 5.10 Å². The van der Waals surface area contributed by atoms with Gasteiger partial charge in [0.05, 0.1) is 18.4 Å². The van der Waals surface area contributed by atoms with Gasteiger partial charge in [0.25, 0.3) is 5.56 Å². The third kappa shape index (κ3) is 4.86. The van der Waals surface area contributed by atoms with Crippen LogP contribution in [-0.4, -0.2) is 22.9 Å². The number of anilines is 2. The summed E-state index contributed by atoms with van der Waals surface area (Å²) in [5, 5.41) is 10.9. The van der Waals surface area contributed by atoms with Gasteiger partial charge in [-0.15, -0.1) is 0 Å². The first-order valence-electron chi connectivity index (χ1n) is 8.56. The fraction of sp³-hybridized carbons (Fsp3) is 0.200. The van der Waals surface area contributed by atoms with Crippen molar-refractivity contribution in [3.05, 3.63) is 87.8 Å². The predicted molar refractivity (Wildman–Crippen MR) is 107 cm³/mol. The first-order valence-corrected chi connectivity index (χ1v) is 8.94. The maximum atomic E-state index is 12.4. The number of para-hydroxylation sites is 1. The van der Waals surface area contributed by atoms with Crippen molar-refractivity contribution in [2.75, 3.05) is 23.7 Å². The molecule has 0 unspecified atom stereocenters. The Kier molecular flexibility index (Phi) is 6.28. The Labute approximate surface area is 157 Å². The maximum absolute atomic E-state index is 12.4. The van der Waals surface area contributed by atoms with Crippen LogP contribution in [0.25, 0.3) is 0 Å². The van der Waals surface area contributed by atoms with Gasteiger partial charge < -0.3 is 10.6 Å². The maximum Gasteiger partial charge on any atom is 0.287 e. The highest BCUT2D eigenvalue weighted by Gasteiger charge is 2.09. The molecule has 6 heteroatoms. The van der Waals surface area contributed by atoms with Crippen LogP contribution in [0.2, 0.25) is 5.02 Å². The number of aromatic nitrogens is 2. The number of benzene rings is 2. The van der Waals surface area contributed by atoms with E-state index in [1.165, 1.54) is 4.68 Å². The zero-order chi connectivity index (χ0) is 18.2. The van der Waals surface area contributed by atoms with Crippen LogP contribution in [0.15, 0.2) is 71.7 Å². The van der Waals surface area contributed by atoms with Crippen LogP contribution in [0.1, 0.15) is 12.0 Å². The van der Waals surface area contributed by atoms with Crippen molar-refractivity contribution in [2.24, 2.45) is 0 Å². The number of hydrogen-bond donors (Lipinski definition) is 2. The number of nitrogens with one attached hydrogen (secondary N) is 2. The van der Waals surface area contributed by atoms with Crippen molar-refractivity contribution >= 4 is 23.0 Å². The first-order chi connectivity index (χ1) is 12.7. The number of hydrogen-bond acceptors (Lipinski definition) is 4. The summed E-state index contributed by atoms with van der Waals surface area (Å²) in [7, 11) is 0. The third-order valence-electron chi connectivity index (χ3n) is 3.93. The fourth-order valence-electron chi connectivity index (χ4n) is 2.56. The lowest BCUT2D eigenvalue weighted by Gasteiger charge is -2.11. The highest BCUT2D eigenvalue weighted by molar-refractivity contribution is 6.32. The molecule has 0 spiro atoms. The van der Waals surface area contributed by atoms with E-state index in [1.807, 2.05) is 60.7 Å². The molecule has 0 atom stereocenters. The minimum Gasteiger partial charge on any atom is -0.385 e. The van der Waals surface area contributed by atoms with Gasteiger partial charge >= 0.3 is 0 Å². The Morgan fingerprint density at radius 1 is 0.923 bits per heavy atom. The minimum absolute atomic E-state index is 0.173. The zero-order valence-corrected chi connectivity index (χ0v) is 15.1. The van der Waals surface area contributed by atoms with Crippen molar-refractivity contribution in [3.8, 4) is 0 Å². The van der Waals surface area contributed by atoms with Gasteiger partial charge in [0, 0.05) is 18.8 Å². The number of halogens is 1. The van der Waals surface area contributed by atoms with E-state index >= 15 is 0 Å². The van der Waals surface area contributed by atoms with Crippen LogP contribution in [0.5, 0.6) is 0 Å². The van der Waals surface area contributed by atoms with Crippen molar-refractivity contribution in [1.82, 2.24) is 9.78 Å². The molecule has 134 valence electrons. The van der Waals surface area contributed by atoms with Crippen molar-refractivity contribution in [2.45, 2.75) is 13.0 Å². The normalized spacial score (nSPS) is 10.5. The Morgan fingerprint density at radius 2 is 1.58 bits per heavy atom. The largest absolute Gasteiger partial charge is 0.385 e. The lowest BCUT2D eigenvalue weighted by molar-refractivity contribution is 0.639. The van der Waals surface area contributed by atoms with Crippen molar-refractivity contribution < 1.29 is 0 Å². The molecule has 0 aliphatic heterocycles. The summed E-state index contributed by atoms with van der Waals surface area (Å²) < 4.78 is 1.37. The molecule has 2 N–H and O–H groups in total. The molecule has 0 bridgehead atoms. The highest BCUT2D eigenvalue weighted by Crippen LogP contribution is 2.15. The van der Waals surface area contributed by atoms with E-state index < -0.39 is 0 Å². The topological polar surface area (TPSA) is 59.0 Å². The molecule has 0 saturated carbocycles. The van der Waals surface area contributed by atoms with Gasteiger partial charge in [-0.3, -0.25) is 4.79 Å². The molecule has 2 aromatic carbocycles. The summed E-state index contributed by atoms with van der Waals surface area (Å²) in [6.07, 6.45) is 2.50. The number of nitrogens with zero attached hydrogens (tertiary/aromatic N) is 2. The predicted octanol–water partition coefficient (Wildman–Crippen LogP) is 3.86. The lowest BCUT2D eigenvalue weighted by atomic mass is 10.2. The molecule has 3 rings (SSSR count). The summed E-state index contributed by atoms with van der Waals surface area (Å²) in [5.41, 5.74) is 2.38. The average Bonchev–Trinajstić information content (AvgIpc) is 2.68. The van der Waals surface area contributed by atoms with Crippen LogP contribution in [0.3, 0.4) is 0 Å². The second kappa shape index (κ2) is 9.06. The summed E-state index contributed by atoms with van der Waals surface area (Å²) in [6, 6.07) is 19.7. The Bertz CT molecular complexity index is 881. The Balaban J connectivity index is 1.52. The van der Waals surface area contributed by atoms with Crippen LogP contribution < -0.4 is 16.2 Å². The van der Waals surface area contributed by atoms with E-state index in [9.17, 15) is 4.79 Å². The van der Waals surface area contributed by atoms with Gasteiger partial charge in [0.1, 0.15) is 5.02 Å². The van der Waals surface area contributed by atoms with Gasteiger partial charge in [0.2, 0.25) is 0 Å². The molecular formula is C20H21ClN4O. The molecule has 0 amide bonds. The second-order valence-corrected chi connectivity index (χ2v) is 6.27. The molecular weight excluding hydrogens is 348 g/mol. The highest BCUT2D eigenvalue weighted by atomic mass is 35.5. The Hall–Kier alpha value is -2.79. The van der Waals surface area contributed by atoms with Gasteiger partial charge in [0.15, 0.2) is 0 Å². The quantitative estimate of drug-likeness (QED) is 0.593. The summed E-state index contributed by atoms with van der Waals surface area (Å²) in [5.74, 6) is 0. The van der Waals surface area contributed by atoms with E-state index in [0.717, 1.165) is 24.2 Å². The molecule has 26 heavy (non-hydrogen) atoms. The van der Waals surface area contributed by atoms with Gasteiger partial charge in [-0.05, 0) is 24.1 Å². The van der Waals surface area contributed by atoms with Crippen molar-refractivity contribution in [1.29, 1.82) is 0 Å². The molecule has 1 aromatic heterocycles.